The summed E-state index contributed by atoms with van der Waals surface area (Å²) in [6, 6.07) is 8.00. The van der Waals surface area contributed by atoms with Gasteiger partial charge in [0.05, 0.1) is 25.5 Å². The fourth-order valence-corrected chi connectivity index (χ4v) is 2.41. The molecule has 0 aliphatic carbocycles. The van der Waals surface area contributed by atoms with Gasteiger partial charge >= 0.3 is 0 Å². The molecule has 2 heterocycles. The van der Waals surface area contributed by atoms with Crippen LogP contribution in [0.1, 0.15) is 25.3 Å². The Labute approximate surface area is 107 Å². The maximum Gasteiger partial charge on any atom is 0.168 e. The highest BCUT2D eigenvalue weighted by molar-refractivity contribution is 6.02. The monoisotopic (exact) mass is 247 g/mol. The van der Waals surface area contributed by atoms with Crippen molar-refractivity contribution in [2.24, 2.45) is 5.16 Å². The summed E-state index contributed by atoms with van der Waals surface area (Å²) in [7, 11) is 0. The third-order valence-electron chi connectivity index (χ3n) is 3.38. The molecule has 2 aliphatic rings. The summed E-state index contributed by atoms with van der Waals surface area (Å²) in [5.74, 6) is 0.876. The van der Waals surface area contributed by atoms with Crippen LogP contribution in [-0.2, 0) is 9.57 Å². The van der Waals surface area contributed by atoms with Crippen LogP contribution < -0.4 is 4.74 Å². The number of ether oxygens (including phenoxy) is 2. The molecular weight excluding hydrogens is 230 g/mol. The maximum atomic E-state index is 5.59. The van der Waals surface area contributed by atoms with Gasteiger partial charge in [0.2, 0.25) is 0 Å². The van der Waals surface area contributed by atoms with E-state index in [-0.39, 0.29) is 5.60 Å². The molecule has 4 heteroatoms. The van der Waals surface area contributed by atoms with E-state index in [4.69, 9.17) is 14.3 Å². The Morgan fingerprint density at radius 3 is 3.17 bits per heavy atom. The van der Waals surface area contributed by atoms with E-state index in [1.807, 2.05) is 31.2 Å². The molecule has 1 aromatic rings. The zero-order chi connectivity index (χ0) is 12.4. The van der Waals surface area contributed by atoms with Gasteiger partial charge in [-0.05, 0) is 19.1 Å². The van der Waals surface area contributed by atoms with Gasteiger partial charge in [0.25, 0.3) is 0 Å². The summed E-state index contributed by atoms with van der Waals surface area (Å²) >= 11 is 0. The number of rotatable bonds is 3. The van der Waals surface area contributed by atoms with Crippen molar-refractivity contribution in [3.05, 3.63) is 29.8 Å². The Morgan fingerprint density at radius 1 is 1.44 bits per heavy atom. The number of benzene rings is 1. The lowest BCUT2D eigenvalue weighted by atomic mass is 9.93. The molecule has 4 nitrogen and oxygen atoms in total. The van der Waals surface area contributed by atoms with E-state index in [1.165, 1.54) is 0 Å². The predicted octanol–water partition coefficient (Wildman–Crippen LogP) is 2.37. The number of oxime groups is 1. The molecule has 1 spiro atoms. The molecule has 1 atom stereocenters. The molecule has 1 unspecified atom stereocenters. The lowest BCUT2D eigenvalue weighted by Gasteiger charge is -2.17. The van der Waals surface area contributed by atoms with Crippen LogP contribution in [0.3, 0.4) is 0 Å². The van der Waals surface area contributed by atoms with E-state index in [2.05, 4.69) is 5.16 Å². The van der Waals surface area contributed by atoms with E-state index in [0.717, 1.165) is 36.5 Å². The highest BCUT2D eigenvalue weighted by atomic mass is 16.7. The summed E-state index contributed by atoms with van der Waals surface area (Å²) in [5.41, 5.74) is 1.85. The van der Waals surface area contributed by atoms with Crippen molar-refractivity contribution in [2.45, 2.75) is 25.4 Å². The smallest absolute Gasteiger partial charge is 0.168 e. The van der Waals surface area contributed by atoms with E-state index in [1.54, 1.807) is 0 Å². The SMILES string of the molecule is CCOc1cccc(C2=NOC3(CCOC3)C2)c1. The van der Waals surface area contributed by atoms with Gasteiger partial charge in [-0.25, -0.2) is 0 Å². The molecule has 18 heavy (non-hydrogen) atoms. The largest absolute Gasteiger partial charge is 0.494 e. The Balaban J connectivity index is 1.77. The van der Waals surface area contributed by atoms with Gasteiger partial charge in [-0.2, -0.15) is 0 Å². The van der Waals surface area contributed by atoms with E-state index in [0.29, 0.717) is 13.2 Å². The first-order valence-electron chi connectivity index (χ1n) is 6.37. The lowest BCUT2D eigenvalue weighted by Crippen LogP contribution is -2.29. The molecule has 0 amide bonds. The normalized spacial score (nSPS) is 26.2. The molecule has 96 valence electrons. The second-order valence-electron chi connectivity index (χ2n) is 4.75. The molecule has 0 N–H and O–H groups in total. The third kappa shape index (κ3) is 2.08. The van der Waals surface area contributed by atoms with Gasteiger partial charge in [0.15, 0.2) is 5.60 Å². The van der Waals surface area contributed by atoms with Crippen molar-refractivity contribution < 1.29 is 14.3 Å². The quantitative estimate of drug-likeness (QED) is 0.823. The molecule has 0 saturated carbocycles. The summed E-state index contributed by atoms with van der Waals surface area (Å²) in [4.78, 5) is 5.59. The van der Waals surface area contributed by atoms with Crippen LogP contribution >= 0.6 is 0 Å². The maximum absolute atomic E-state index is 5.59. The number of nitrogens with zero attached hydrogens (tertiary/aromatic N) is 1. The van der Waals surface area contributed by atoms with Gasteiger partial charge in [-0.3, -0.25) is 0 Å². The topological polar surface area (TPSA) is 40.0 Å². The minimum absolute atomic E-state index is 0.211. The molecule has 1 saturated heterocycles. The van der Waals surface area contributed by atoms with Crippen molar-refractivity contribution in [3.8, 4) is 5.75 Å². The van der Waals surface area contributed by atoms with Gasteiger partial charge < -0.3 is 14.3 Å². The minimum atomic E-state index is -0.211. The summed E-state index contributed by atoms with van der Waals surface area (Å²) < 4.78 is 10.9. The number of hydrogen-bond acceptors (Lipinski definition) is 4. The summed E-state index contributed by atoms with van der Waals surface area (Å²) in [6.07, 6.45) is 1.74. The average Bonchev–Trinajstić information content (AvgIpc) is 3.01. The zero-order valence-electron chi connectivity index (χ0n) is 10.5. The minimum Gasteiger partial charge on any atom is -0.494 e. The fourth-order valence-electron chi connectivity index (χ4n) is 2.41. The molecule has 0 radical (unpaired) electrons. The first kappa shape index (κ1) is 11.5. The van der Waals surface area contributed by atoms with Gasteiger partial charge in [0, 0.05) is 18.4 Å². The molecular formula is C14H17NO3. The van der Waals surface area contributed by atoms with Crippen molar-refractivity contribution in [1.29, 1.82) is 0 Å². The van der Waals surface area contributed by atoms with Gasteiger partial charge in [0.1, 0.15) is 5.75 Å². The van der Waals surface area contributed by atoms with Crippen LogP contribution in [-0.4, -0.2) is 31.1 Å². The average molecular weight is 247 g/mol. The molecule has 0 bridgehead atoms. The van der Waals surface area contributed by atoms with Gasteiger partial charge in [-0.1, -0.05) is 17.3 Å². The Kier molecular flexibility index (Phi) is 2.96. The molecule has 3 rings (SSSR count). The third-order valence-corrected chi connectivity index (χ3v) is 3.38. The van der Waals surface area contributed by atoms with Crippen molar-refractivity contribution in [3.63, 3.8) is 0 Å². The molecule has 1 aromatic carbocycles. The van der Waals surface area contributed by atoms with E-state index >= 15 is 0 Å². The standard InChI is InChI=1S/C14H17NO3/c1-2-17-12-5-3-4-11(8-12)13-9-14(18-15-13)6-7-16-10-14/h3-5,8H,2,6-7,9-10H2,1H3. The summed E-state index contributed by atoms with van der Waals surface area (Å²) in [6.45, 7) is 4.06. The van der Waals surface area contributed by atoms with Crippen LogP contribution in [0.4, 0.5) is 0 Å². The first-order valence-corrected chi connectivity index (χ1v) is 6.37. The predicted molar refractivity (Wildman–Crippen MR) is 68.0 cm³/mol. The van der Waals surface area contributed by atoms with Crippen LogP contribution in [0.5, 0.6) is 5.75 Å². The van der Waals surface area contributed by atoms with Crippen LogP contribution in [0, 0.1) is 0 Å². The van der Waals surface area contributed by atoms with Gasteiger partial charge in [-0.15, -0.1) is 0 Å². The Bertz CT molecular complexity index is 464. The second kappa shape index (κ2) is 4.61. The van der Waals surface area contributed by atoms with Crippen LogP contribution in [0.2, 0.25) is 0 Å². The lowest BCUT2D eigenvalue weighted by molar-refractivity contribution is -0.0237. The van der Waals surface area contributed by atoms with Crippen LogP contribution in [0.15, 0.2) is 29.4 Å². The Morgan fingerprint density at radius 2 is 2.39 bits per heavy atom. The van der Waals surface area contributed by atoms with Crippen molar-refractivity contribution in [2.75, 3.05) is 19.8 Å². The summed E-state index contributed by atoms with van der Waals surface area (Å²) in [5, 5.41) is 4.22. The first-order chi connectivity index (χ1) is 8.81. The van der Waals surface area contributed by atoms with Crippen LogP contribution in [0.25, 0.3) is 0 Å². The molecule has 2 aliphatic heterocycles. The fraction of sp³-hybridized carbons (Fsp3) is 0.500. The second-order valence-corrected chi connectivity index (χ2v) is 4.75. The number of hydrogen-bond donors (Lipinski definition) is 0. The molecule has 1 fully saturated rings. The highest BCUT2D eigenvalue weighted by Gasteiger charge is 2.43. The van der Waals surface area contributed by atoms with E-state index < -0.39 is 0 Å². The highest BCUT2D eigenvalue weighted by Crippen LogP contribution is 2.34. The van der Waals surface area contributed by atoms with Crippen molar-refractivity contribution in [1.82, 2.24) is 0 Å². The Hall–Kier alpha value is -1.55. The zero-order valence-corrected chi connectivity index (χ0v) is 10.5. The molecule has 0 aromatic heterocycles. The van der Waals surface area contributed by atoms with E-state index in [9.17, 15) is 0 Å². The van der Waals surface area contributed by atoms with Crippen molar-refractivity contribution >= 4 is 5.71 Å².